The Kier molecular flexibility index (Phi) is 5.85. The molecule has 3 aromatic rings. The van der Waals surface area contributed by atoms with Gasteiger partial charge in [-0.25, -0.2) is 0 Å². The zero-order valence-corrected chi connectivity index (χ0v) is 21.3. The summed E-state index contributed by atoms with van der Waals surface area (Å²) in [5.41, 5.74) is 6.00. The minimum absolute atomic E-state index is 0.0278. The third-order valence-corrected chi connectivity index (χ3v) is 7.82. The largest absolute Gasteiger partial charge is 0.342 e. The van der Waals surface area contributed by atoms with Gasteiger partial charge in [0.25, 0.3) is 0 Å². The molecule has 2 fully saturated rings. The number of piperidine rings is 1. The summed E-state index contributed by atoms with van der Waals surface area (Å²) in [6, 6.07) is 10.1. The molecular formula is C28H30N6O3. The van der Waals surface area contributed by atoms with E-state index in [4.69, 9.17) is 9.51 Å². The fourth-order valence-corrected chi connectivity index (χ4v) is 5.67. The van der Waals surface area contributed by atoms with Gasteiger partial charge < -0.3 is 14.3 Å². The van der Waals surface area contributed by atoms with E-state index in [0.717, 1.165) is 35.5 Å². The lowest BCUT2D eigenvalue weighted by atomic mass is 9.95. The van der Waals surface area contributed by atoms with E-state index >= 15 is 0 Å². The molecule has 0 aliphatic carbocycles. The average Bonchev–Trinajstić information content (AvgIpc) is 3.62. The number of benzene rings is 1. The number of carbonyl (C=O) groups excluding carboxylic acids is 2. The minimum Gasteiger partial charge on any atom is -0.342 e. The van der Waals surface area contributed by atoms with Crippen molar-refractivity contribution in [3.05, 3.63) is 59.2 Å². The molecule has 9 nitrogen and oxygen atoms in total. The molecule has 0 bridgehead atoms. The van der Waals surface area contributed by atoms with Gasteiger partial charge in [0, 0.05) is 54.5 Å². The standard InChI is InChI=1S/C28H30N6O3/c1-16-4-6-22(14-29-16)34-15-21(13-25(34)35)28(36)33-10-8-19(9-11-33)27-31-26(32-37-27)20-5-7-23-17(2)30-18(3)24(23)12-20/h4-7,12,14,18-19,21H,8-11,13,15H2,1-3H3. The molecule has 2 atom stereocenters. The van der Waals surface area contributed by atoms with Gasteiger partial charge >= 0.3 is 0 Å². The van der Waals surface area contributed by atoms with Crippen LogP contribution in [-0.4, -0.2) is 57.2 Å². The Morgan fingerprint density at radius 3 is 2.68 bits per heavy atom. The number of likely N-dealkylation sites (tertiary alicyclic amines) is 1. The lowest BCUT2D eigenvalue weighted by Crippen LogP contribution is -2.42. The van der Waals surface area contributed by atoms with Gasteiger partial charge in [0.15, 0.2) is 0 Å². The van der Waals surface area contributed by atoms with E-state index < -0.39 is 0 Å². The number of hydrogen-bond donors (Lipinski definition) is 0. The Bertz CT molecular complexity index is 1390. The molecule has 2 amide bonds. The van der Waals surface area contributed by atoms with E-state index in [2.05, 4.69) is 34.2 Å². The van der Waals surface area contributed by atoms with Crippen LogP contribution in [-0.2, 0) is 9.59 Å². The second-order valence-electron chi connectivity index (χ2n) is 10.3. The molecule has 190 valence electrons. The van der Waals surface area contributed by atoms with E-state index in [9.17, 15) is 9.59 Å². The number of amides is 2. The van der Waals surface area contributed by atoms with Crippen LogP contribution in [0.25, 0.3) is 11.4 Å². The SMILES string of the molecule is CC1=NC(C)c2cc(-c3noc(C4CCN(C(=O)C5CC(=O)N(c6ccc(C)nc6)C5)CC4)n3)ccc21. The fourth-order valence-electron chi connectivity index (χ4n) is 5.67. The van der Waals surface area contributed by atoms with Gasteiger partial charge in [-0.15, -0.1) is 0 Å². The molecule has 0 spiro atoms. The number of aliphatic imine (C=N–C) groups is 1. The van der Waals surface area contributed by atoms with Crippen molar-refractivity contribution in [1.82, 2.24) is 20.0 Å². The van der Waals surface area contributed by atoms with Gasteiger partial charge in [0.1, 0.15) is 0 Å². The van der Waals surface area contributed by atoms with Crippen LogP contribution >= 0.6 is 0 Å². The van der Waals surface area contributed by atoms with Crippen LogP contribution in [0.2, 0.25) is 0 Å². The molecule has 2 unspecified atom stereocenters. The van der Waals surface area contributed by atoms with E-state index in [1.165, 1.54) is 11.1 Å². The highest BCUT2D eigenvalue weighted by Gasteiger charge is 2.38. The van der Waals surface area contributed by atoms with Crippen molar-refractivity contribution < 1.29 is 14.1 Å². The van der Waals surface area contributed by atoms with Crippen LogP contribution < -0.4 is 4.90 Å². The molecular weight excluding hydrogens is 468 g/mol. The zero-order chi connectivity index (χ0) is 25.7. The van der Waals surface area contributed by atoms with Crippen LogP contribution in [0.15, 0.2) is 46.0 Å². The number of aromatic nitrogens is 3. The van der Waals surface area contributed by atoms with E-state index in [0.29, 0.717) is 31.3 Å². The summed E-state index contributed by atoms with van der Waals surface area (Å²) in [5, 5.41) is 4.25. The van der Waals surface area contributed by atoms with Crippen molar-refractivity contribution in [2.24, 2.45) is 10.9 Å². The smallest absolute Gasteiger partial charge is 0.230 e. The predicted molar refractivity (Wildman–Crippen MR) is 138 cm³/mol. The molecule has 6 rings (SSSR count). The number of fused-ring (bicyclic) bond motifs is 1. The summed E-state index contributed by atoms with van der Waals surface area (Å²) in [6.45, 7) is 7.67. The Balaban J connectivity index is 1.07. The minimum atomic E-state index is -0.324. The van der Waals surface area contributed by atoms with Crippen molar-refractivity contribution in [3.8, 4) is 11.4 Å². The highest BCUT2D eigenvalue weighted by atomic mass is 16.5. The van der Waals surface area contributed by atoms with Crippen LogP contribution in [0.5, 0.6) is 0 Å². The summed E-state index contributed by atoms with van der Waals surface area (Å²) < 4.78 is 5.66. The molecule has 37 heavy (non-hydrogen) atoms. The maximum atomic E-state index is 13.2. The van der Waals surface area contributed by atoms with E-state index in [1.807, 2.05) is 36.9 Å². The Morgan fingerprint density at radius 2 is 1.92 bits per heavy atom. The first-order valence-corrected chi connectivity index (χ1v) is 12.9. The maximum Gasteiger partial charge on any atom is 0.230 e. The van der Waals surface area contributed by atoms with Crippen molar-refractivity contribution >= 4 is 23.2 Å². The van der Waals surface area contributed by atoms with Gasteiger partial charge in [-0.1, -0.05) is 17.3 Å². The van der Waals surface area contributed by atoms with Crippen molar-refractivity contribution in [1.29, 1.82) is 0 Å². The first-order chi connectivity index (χ1) is 17.9. The van der Waals surface area contributed by atoms with Gasteiger partial charge in [0.2, 0.25) is 23.5 Å². The molecule has 9 heteroatoms. The molecule has 2 saturated heterocycles. The summed E-state index contributed by atoms with van der Waals surface area (Å²) in [5.74, 6) is 1.02. The van der Waals surface area contributed by atoms with E-state index in [-0.39, 0.29) is 36.1 Å². The number of hydrogen-bond acceptors (Lipinski definition) is 7. The van der Waals surface area contributed by atoms with Gasteiger partial charge in [-0.05, 0) is 57.4 Å². The van der Waals surface area contributed by atoms with E-state index in [1.54, 1.807) is 11.1 Å². The maximum absolute atomic E-state index is 13.2. The third-order valence-electron chi connectivity index (χ3n) is 7.82. The molecule has 1 aromatic carbocycles. The highest BCUT2D eigenvalue weighted by molar-refractivity contribution is 6.03. The normalized spacial score (nSPS) is 21.9. The van der Waals surface area contributed by atoms with Gasteiger partial charge in [-0.3, -0.25) is 19.6 Å². The average molecular weight is 499 g/mol. The predicted octanol–water partition coefficient (Wildman–Crippen LogP) is 4.08. The van der Waals surface area contributed by atoms with Crippen LogP contribution in [0.3, 0.4) is 0 Å². The number of carbonyl (C=O) groups is 2. The lowest BCUT2D eigenvalue weighted by molar-refractivity contribution is -0.136. The van der Waals surface area contributed by atoms with Gasteiger partial charge in [0.05, 0.1) is 23.8 Å². The van der Waals surface area contributed by atoms with Crippen LogP contribution in [0, 0.1) is 12.8 Å². The molecule has 2 aromatic heterocycles. The molecule has 5 heterocycles. The Morgan fingerprint density at radius 1 is 1.11 bits per heavy atom. The zero-order valence-electron chi connectivity index (χ0n) is 21.3. The number of pyridine rings is 1. The monoisotopic (exact) mass is 498 g/mol. The summed E-state index contributed by atoms with van der Waals surface area (Å²) in [6.07, 6.45) is 3.45. The number of anilines is 1. The number of rotatable bonds is 4. The van der Waals surface area contributed by atoms with Crippen molar-refractivity contribution in [2.75, 3.05) is 24.5 Å². The Labute approximate surface area is 215 Å². The van der Waals surface area contributed by atoms with Crippen LogP contribution in [0.1, 0.15) is 67.8 Å². The molecule has 3 aliphatic heterocycles. The summed E-state index contributed by atoms with van der Waals surface area (Å²) in [7, 11) is 0. The first-order valence-electron chi connectivity index (χ1n) is 12.9. The second-order valence-corrected chi connectivity index (χ2v) is 10.3. The first kappa shape index (κ1) is 23.5. The topological polar surface area (TPSA) is 105 Å². The third kappa shape index (κ3) is 4.32. The van der Waals surface area contributed by atoms with Crippen LogP contribution in [0.4, 0.5) is 5.69 Å². The lowest BCUT2D eigenvalue weighted by Gasteiger charge is -2.32. The Hall–Kier alpha value is -3.88. The molecule has 0 saturated carbocycles. The number of nitrogens with zero attached hydrogens (tertiary/aromatic N) is 6. The summed E-state index contributed by atoms with van der Waals surface area (Å²) >= 11 is 0. The molecule has 3 aliphatic rings. The summed E-state index contributed by atoms with van der Waals surface area (Å²) in [4.78, 5) is 43.0. The van der Waals surface area contributed by atoms with Crippen molar-refractivity contribution in [3.63, 3.8) is 0 Å². The quantitative estimate of drug-likeness (QED) is 0.537. The highest BCUT2D eigenvalue weighted by Crippen LogP contribution is 2.34. The van der Waals surface area contributed by atoms with Crippen molar-refractivity contribution in [2.45, 2.75) is 52.0 Å². The fraction of sp³-hybridized carbons (Fsp3) is 0.429. The van der Waals surface area contributed by atoms with Gasteiger partial charge in [-0.2, -0.15) is 4.98 Å². The molecule has 0 radical (unpaired) electrons. The number of aryl methyl sites for hydroxylation is 1. The molecule has 0 N–H and O–H groups in total. The second kappa shape index (κ2) is 9.21.